The van der Waals surface area contributed by atoms with Gasteiger partial charge in [-0.25, -0.2) is 4.98 Å². The van der Waals surface area contributed by atoms with Gasteiger partial charge in [0.15, 0.2) is 5.16 Å². The van der Waals surface area contributed by atoms with Crippen LogP contribution in [0.1, 0.15) is 6.42 Å². The van der Waals surface area contributed by atoms with Crippen molar-refractivity contribution in [1.82, 2.24) is 9.55 Å². The van der Waals surface area contributed by atoms with E-state index < -0.39 is 0 Å². The predicted octanol–water partition coefficient (Wildman–Crippen LogP) is 3.45. The number of cyclic esters (lactones) is 1. The summed E-state index contributed by atoms with van der Waals surface area (Å²) in [6.07, 6.45) is 0.599. The molecular formula is C18H13ClN2O3S. The van der Waals surface area contributed by atoms with Gasteiger partial charge in [-0.1, -0.05) is 41.6 Å². The van der Waals surface area contributed by atoms with Crippen LogP contribution >= 0.6 is 23.4 Å². The summed E-state index contributed by atoms with van der Waals surface area (Å²) in [4.78, 5) is 29.5. The molecule has 3 aromatic rings. The number of hydrogen-bond donors (Lipinski definition) is 0. The number of hydrogen-bond acceptors (Lipinski definition) is 5. The van der Waals surface area contributed by atoms with Crippen molar-refractivity contribution < 1.29 is 9.53 Å². The van der Waals surface area contributed by atoms with Crippen LogP contribution in [0.4, 0.5) is 0 Å². The Morgan fingerprint density at radius 3 is 2.76 bits per heavy atom. The molecule has 0 saturated carbocycles. The smallest absolute Gasteiger partial charge is 0.319 e. The largest absolute Gasteiger partial charge is 0.465 e. The van der Waals surface area contributed by atoms with E-state index in [2.05, 4.69) is 4.98 Å². The number of thioether (sulfide) groups is 1. The molecule has 1 aliphatic heterocycles. The molecule has 0 bridgehead atoms. The minimum atomic E-state index is -0.363. The molecule has 2 heterocycles. The Kier molecular flexibility index (Phi) is 4.23. The van der Waals surface area contributed by atoms with E-state index >= 15 is 0 Å². The second-order valence-electron chi connectivity index (χ2n) is 5.59. The van der Waals surface area contributed by atoms with Crippen LogP contribution in [0.2, 0.25) is 5.02 Å². The maximum atomic E-state index is 13.1. The number of ether oxygens (including phenoxy) is 1. The first-order chi connectivity index (χ1) is 12.1. The third-order valence-electron chi connectivity index (χ3n) is 3.95. The number of halogens is 1. The zero-order valence-electron chi connectivity index (χ0n) is 13.0. The van der Waals surface area contributed by atoms with Crippen LogP contribution < -0.4 is 5.56 Å². The fraction of sp³-hybridized carbons (Fsp3) is 0.167. The molecule has 0 aliphatic carbocycles. The van der Waals surface area contributed by atoms with E-state index in [0.717, 1.165) is 0 Å². The van der Waals surface area contributed by atoms with E-state index in [4.69, 9.17) is 16.3 Å². The van der Waals surface area contributed by atoms with Crippen LogP contribution in [0.5, 0.6) is 0 Å². The number of para-hydroxylation sites is 1. The highest BCUT2D eigenvalue weighted by Crippen LogP contribution is 2.30. The van der Waals surface area contributed by atoms with Gasteiger partial charge in [-0.05, 0) is 30.3 Å². The molecule has 1 saturated heterocycles. The Morgan fingerprint density at radius 2 is 2.00 bits per heavy atom. The minimum absolute atomic E-state index is 0.193. The molecule has 5 nitrogen and oxygen atoms in total. The topological polar surface area (TPSA) is 61.2 Å². The first kappa shape index (κ1) is 16.2. The molecule has 126 valence electrons. The quantitative estimate of drug-likeness (QED) is 0.520. The van der Waals surface area contributed by atoms with Gasteiger partial charge in [0.05, 0.1) is 23.2 Å². The number of rotatable bonds is 3. The van der Waals surface area contributed by atoms with Crippen molar-refractivity contribution in [3.63, 3.8) is 0 Å². The number of carbonyl (C=O) groups is 1. The van der Waals surface area contributed by atoms with Gasteiger partial charge >= 0.3 is 5.97 Å². The van der Waals surface area contributed by atoms with Crippen molar-refractivity contribution >= 4 is 40.2 Å². The molecule has 0 amide bonds. The van der Waals surface area contributed by atoms with Crippen LogP contribution in [-0.4, -0.2) is 27.4 Å². The van der Waals surface area contributed by atoms with Gasteiger partial charge in [0.25, 0.3) is 5.56 Å². The summed E-state index contributed by atoms with van der Waals surface area (Å²) in [7, 11) is 0. The van der Waals surface area contributed by atoms with Crippen LogP contribution in [-0.2, 0) is 9.53 Å². The number of benzene rings is 2. The van der Waals surface area contributed by atoms with Crippen molar-refractivity contribution in [2.24, 2.45) is 0 Å². The number of esters is 1. The summed E-state index contributed by atoms with van der Waals surface area (Å²) in [5, 5.41) is 1.13. The molecule has 1 atom stereocenters. The Morgan fingerprint density at radius 1 is 1.16 bits per heavy atom. The highest BCUT2D eigenvalue weighted by molar-refractivity contribution is 8.00. The highest BCUT2D eigenvalue weighted by atomic mass is 35.5. The van der Waals surface area contributed by atoms with E-state index in [1.165, 1.54) is 16.3 Å². The van der Waals surface area contributed by atoms with Crippen LogP contribution in [0.3, 0.4) is 0 Å². The molecule has 0 radical (unpaired) electrons. The second kappa shape index (κ2) is 6.54. The Labute approximate surface area is 152 Å². The Bertz CT molecular complexity index is 1030. The molecule has 1 fully saturated rings. The molecule has 1 aromatic heterocycles. The van der Waals surface area contributed by atoms with Gasteiger partial charge in [-0.2, -0.15) is 0 Å². The molecule has 0 unspecified atom stereocenters. The fourth-order valence-corrected chi connectivity index (χ4v) is 4.01. The summed E-state index contributed by atoms with van der Waals surface area (Å²) in [6, 6.07) is 14.2. The standard InChI is InChI=1S/C18H13ClN2O3S/c19-11-4-3-5-12(10-11)21-16(22)13-6-1-2-7-14(13)20-18(21)25-15-8-9-24-17(15)23/h1-7,10,15H,8-9H2/t15-/m1/s1. The predicted molar refractivity (Wildman–Crippen MR) is 97.6 cm³/mol. The lowest BCUT2D eigenvalue weighted by atomic mass is 10.2. The van der Waals surface area contributed by atoms with Gasteiger partial charge in [0, 0.05) is 11.4 Å². The molecule has 7 heteroatoms. The van der Waals surface area contributed by atoms with Crippen LogP contribution in [0.15, 0.2) is 58.5 Å². The molecule has 25 heavy (non-hydrogen) atoms. The number of fused-ring (bicyclic) bond motifs is 1. The monoisotopic (exact) mass is 372 g/mol. The summed E-state index contributed by atoms with van der Waals surface area (Å²) in [5.41, 5.74) is 1.02. The zero-order chi connectivity index (χ0) is 17.4. The van der Waals surface area contributed by atoms with Gasteiger partial charge in [-0.3, -0.25) is 14.2 Å². The summed E-state index contributed by atoms with van der Waals surface area (Å²) in [6.45, 7) is 0.394. The normalized spacial score (nSPS) is 17.0. The lowest BCUT2D eigenvalue weighted by Crippen LogP contribution is -2.23. The third kappa shape index (κ3) is 3.03. The summed E-state index contributed by atoms with van der Waals surface area (Å²) < 4.78 is 6.53. The fourth-order valence-electron chi connectivity index (χ4n) is 2.75. The first-order valence-electron chi connectivity index (χ1n) is 7.74. The third-order valence-corrected chi connectivity index (χ3v) is 5.38. The summed E-state index contributed by atoms with van der Waals surface area (Å²) >= 11 is 7.34. The molecular weight excluding hydrogens is 360 g/mol. The number of nitrogens with zero attached hydrogens (tertiary/aromatic N) is 2. The highest BCUT2D eigenvalue weighted by Gasteiger charge is 2.29. The van der Waals surface area contributed by atoms with Crippen molar-refractivity contribution in [1.29, 1.82) is 0 Å². The molecule has 2 aromatic carbocycles. The lowest BCUT2D eigenvalue weighted by molar-refractivity contribution is -0.137. The molecule has 0 N–H and O–H groups in total. The van der Waals surface area contributed by atoms with Crippen molar-refractivity contribution in [2.75, 3.05) is 6.61 Å². The minimum Gasteiger partial charge on any atom is -0.465 e. The van der Waals surface area contributed by atoms with Crippen LogP contribution in [0.25, 0.3) is 16.6 Å². The molecule has 0 spiro atoms. The average molecular weight is 373 g/mol. The molecule has 1 aliphatic rings. The van der Waals surface area contributed by atoms with Crippen molar-refractivity contribution in [2.45, 2.75) is 16.8 Å². The van der Waals surface area contributed by atoms with E-state index in [-0.39, 0.29) is 16.8 Å². The average Bonchev–Trinajstić information content (AvgIpc) is 3.00. The number of carbonyl (C=O) groups excluding carboxylic acids is 1. The van der Waals surface area contributed by atoms with Crippen molar-refractivity contribution in [3.8, 4) is 5.69 Å². The van der Waals surface area contributed by atoms with E-state index in [1.54, 1.807) is 42.5 Å². The zero-order valence-corrected chi connectivity index (χ0v) is 14.6. The van der Waals surface area contributed by atoms with Gasteiger partial charge < -0.3 is 4.74 Å². The second-order valence-corrected chi connectivity index (χ2v) is 7.20. The maximum Gasteiger partial charge on any atom is 0.319 e. The summed E-state index contributed by atoms with van der Waals surface area (Å²) in [5.74, 6) is -0.273. The van der Waals surface area contributed by atoms with E-state index in [1.807, 2.05) is 6.07 Å². The maximum absolute atomic E-state index is 13.1. The lowest BCUT2D eigenvalue weighted by Gasteiger charge is -2.14. The van der Waals surface area contributed by atoms with Crippen molar-refractivity contribution in [3.05, 3.63) is 63.9 Å². The van der Waals surface area contributed by atoms with Crippen LogP contribution in [0, 0.1) is 0 Å². The Balaban J connectivity index is 1.94. The van der Waals surface area contributed by atoms with Gasteiger partial charge in [-0.15, -0.1) is 0 Å². The van der Waals surface area contributed by atoms with E-state index in [0.29, 0.717) is 39.8 Å². The molecule has 4 rings (SSSR count). The number of aromatic nitrogens is 2. The van der Waals surface area contributed by atoms with Gasteiger partial charge in [0.1, 0.15) is 5.25 Å². The Hall–Kier alpha value is -2.31. The van der Waals surface area contributed by atoms with E-state index in [9.17, 15) is 9.59 Å². The first-order valence-corrected chi connectivity index (χ1v) is 9.00. The van der Waals surface area contributed by atoms with Gasteiger partial charge in [0.2, 0.25) is 0 Å². The SMILES string of the molecule is O=C1OCC[C@H]1Sc1nc2ccccc2c(=O)n1-c1cccc(Cl)c1.